The summed E-state index contributed by atoms with van der Waals surface area (Å²) in [5.41, 5.74) is 0.653. The highest BCUT2D eigenvalue weighted by atomic mass is 16.5. The van der Waals surface area contributed by atoms with Crippen molar-refractivity contribution in [3.05, 3.63) is 84.1 Å². The summed E-state index contributed by atoms with van der Waals surface area (Å²) < 4.78 is 15.6. The molecule has 0 aliphatic rings. The smallest absolute Gasteiger partial charge is 0.333 e. The van der Waals surface area contributed by atoms with Gasteiger partial charge in [0.25, 0.3) is 5.91 Å². The number of benzene rings is 2. The molecule has 0 spiro atoms. The van der Waals surface area contributed by atoms with E-state index in [4.69, 9.17) is 13.9 Å². The summed E-state index contributed by atoms with van der Waals surface area (Å²) in [6.45, 7) is 0.0798. The van der Waals surface area contributed by atoms with E-state index in [0.29, 0.717) is 11.3 Å². The second-order valence-electron chi connectivity index (χ2n) is 5.57. The Morgan fingerprint density at radius 2 is 1.74 bits per heavy atom. The number of para-hydroxylation sites is 1. The number of hydrogen-bond donors (Lipinski definition) is 1. The molecule has 0 bridgehead atoms. The van der Waals surface area contributed by atoms with Crippen molar-refractivity contribution in [3.8, 4) is 5.75 Å². The molecule has 138 valence electrons. The molecule has 3 aromatic rings. The van der Waals surface area contributed by atoms with Gasteiger partial charge in [0, 0.05) is 0 Å². The number of nitrogens with zero attached hydrogens (tertiary/aromatic N) is 1. The lowest BCUT2D eigenvalue weighted by Gasteiger charge is -2.15. The molecule has 0 aliphatic heterocycles. The van der Waals surface area contributed by atoms with E-state index in [9.17, 15) is 9.59 Å². The van der Waals surface area contributed by atoms with Gasteiger partial charge in [-0.1, -0.05) is 48.5 Å². The second-order valence-corrected chi connectivity index (χ2v) is 5.57. The summed E-state index contributed by atoms with van der Waals surface area (Å²) in [6.07, 6.45) is 1.22. The molecule has 7 nitrogen and oxygen atoms in total. The molecule has 0 unspecified atom stereocenters. The standard InChI is InChI=1S/C20H18N2O5/c1-25-20(24)18(14-8-4-2-5-9-14)22-19(23)16-12-27-17(21-16)13-26-15-10-6-3-7-11-15/h2-12,18H,13H2,1H3,(H,22,23)/t18-/m0/s1. The average Bonchev–Trinajstić information content (AvgIpc) is 3.20. The molecule has 0 radical (unpaired) electrons. The van der Waals surface area contributed by atoms with Crippen LogP contribution in [0.25, 0.3) is 0 Å². The van der Waals surface area contributed by atoms with Gasteiger partial charge in [0.15, 0.2) is 18.3 Å². The summed E-state index contributed by atoms with van der Waals surface area (Å²) >= 11 is 0. The van der Waals surface area contributed by atoms with E-state index in [-0.39, 0.29) is 18.2 Å². The van der Waals surface area contributed by atoms with Crippen molar-refractivity contribution in [2.24, 2.45) is 0 Å². The molecule has 1 N–H and O–H groups in total. The van der Waals surface area contributed by atoms with Gasteiger partial charge in [-0.25, -0.2) is 9.78 Å². The van der Waals surface area contributed by atoms with E-state index in [2.05, 4.69) is 10.3 Å². The first kappa shape index (κ1) is 18.2. The van der Waals surface area contributed by atoms with Crippen molar-refractivity contribution in [2.45, 2.75) is 12.6 Å². The molecule has 2 aromatic carbocycles. The molecule has 3 rings (SSSR count). The highest BCUT2D eigenvalue weighted by Gasteiger charge is 2.25. The Morgan fingerprint density at radius 1 is 1.07 bits per heavy atom. The molecule has 27 heavy (non-hydrogen) atoms. The number of ether oxygens (including phenoxy) is 2. The third kappa shape index (κ3) is 4.72. The van der Waals surface area contributed by atoms with Crippen LogP contribution in [0.4, 0.5) is 0 Å². The normalized spacial score (nSPS) is 11.4. The van der Waals surface area contributed by atoms with Crippen molar-refractivity contribution in [1.29, 1.82) is 0 Å². The SMILES string of the molecule is COC(=O)[C@@H](NC(=O)c1coc(COc2ccccc2)n1)c1ccccc1. The van der Waals surface area contributed by atoms with Gasteiger partial charge in [-0.05, 0) is 17.7 Å². The highest BCUT2D eigenvalue weighted by molar-refractivity contribution is 5.95. The molecular formula is C20H18N2O5. The lowest BCUT2D eigenvalue weighted by molar-refractivity contribution is -0.143. The third-order valence-electron chi connectivity index (χ3n) is 3.74. The van der Waals surface area contributed by atoms with E-state index in [1.54, 1.807) is 36.4 Å². The molecule has 7 heteroatoms. The maximum atomic E-state index is 12.5. The Hall–Kier alpha value is -3.61. The van der Waals surface area contributed by atoms with Gasteiger partial charge in [0.1, 0.15) is 12.0 Å². The summed E-state index contributed by atoms with van der Waals surface area (Å²) in [6, 6.07) is 17.0. The third-order valence-corrected chi connectivity index (χ3v) is 3.74. The van der Waals surface area contributed by atoms with E-state index in [1.165, 1.54) is 13.4 Å². The van der Waals surface area contributed by atoms with E-state index < -0.39 is 17.9 Å². The number of carbonyl (C=O) groups excluding carboxylic acids is 2. The van der Waals surface area contributed by atoms with Crippen LogP contribution in [-0.2, 0) is 16.1 Å². The minimum Gasteiger partial charge on any atom is -0.484 e. The van der Waals surface area contributed by atoms with Crippen molar-refractivity contribution < 1.29 is 23.5 Å². The van der Waals surface area contributed by atoms with Crippen LogP contribution < -0.4 is 10.1 Å². The minimum atomic E-state index is -0.940. The summed E-state index contributed by atoms with van der Waals surface area (Å²) in [7, 11) is 1.26. The van der Waals surface area contributed by atoms with Gasteiger partial charge in [-0.15, -0.1) is 0 Å². The molecule has 1 amide bonds. The molecular weight excluding hydrogens is 348 g/mol. The summed E-state index contributed by atoms with van der Waals surface area (Å²) in [4.78, 5) is 28.6. The number of oxazole rings is 1. The minimum absolute atomic E-state index is 0.0477. The van der Waals surface area contributed by atoms with E-state index in [0.717, 1.165) is 0 Å². The molecule has 0 saturated heterocycles. The maximum Gasteiger partial charge on any atom is 0.333 e. The van der Waals surface area contributed by atoms with Gasteiger partial charge >= 0.3 is 5.97 Å². The molecule has 1 atom stereocenters. The number of amides is 1. The van der Waals surface area contributed by atoms with Crippen LogP contribution in [0.5, 0.6) is 5.75 Å². The molecule has 1 heterocycles. The van der Waals surface area contributed by atoms with Crippen molar-refractivity contribution in [1.82, 2.24) is 10.3 Å². The zero-order valence-corrected chi connectivity index (χ0v) is 14.6. The lowest BCUT2D eigenvalue weighted by atomic mass is 10.1. The van der Waals surface area contributed by atoms with Gasteiger partial charge < -0.3 is 19.2 Å². The lowest BCUT2D eigenvalue weighted by Crippen LogP contribution is -2.34. The molecule has 0 saturated carbocycles. The van der Waals surface area contributed by atoms with Gasteiger partial charge in [-0.3, -0.25) is 4.79 Å². The number of hydrogen-bond acceptors (Lipinski definition) is 6. The first-order chi connectivity index (χ1) is 13.2. The fourth-order valence-electron chi connectivity index (χ4n) is 2.39. The Kier molecular flexibility index (Phi) is 5.84. The van der Waals surface area contributed by atoms with Gasteiger partial charge in [0.05, 0.1) is 7.11 Å². The first-order valence-corrected chi connectivity index (χ1v) is 8.23. The summed E-state index contributed by atoms with van der Waals surface area (Å²) in [5.74, 6) is -0.218. The molecule has 1 aromatic heterocycles. The van der Waals surface area contributed by atoms with Crippen LogP contribution in [0.15, 0.2) is 71.3 Å². The van der Waals surface area contributed by atoms with Gasteiger partial charge in [0.2, 0.25) is 5.89 Å². The highest BCUT2D eigenvalue weighted by Crippen LogP contribution is 2.16. The fourth-order valence-corrected chi connectivity index (χ4v) is 2.39. The predicted octanol–water partition coefficient (Wildman–Crippen LogP) is 2.90. The number of aromatic nitrogens is 1. The molecule has 0 fully saturated rings. The zero-order valence-electron chi connectivity index (χ0n) is 14.6. The molecule has 0 aliphatic carbocycles. The number of nitrogens with one attached hydrogen (secondary N) is 1. The summed E-state index contributed by atoms with van der Waals surface area (Å²) in [5, 5.41) is 2.61. The van der Waals surface area contributed by atoms with E-state index in [1.807, 2.05) is 24.3 Å². The topological polar surface area (TPSA) is 90.7 Å². The largest absolute Gasteiger partial charge is 0.484 e. The number of methoxy groups -OCH3 is 1. The van der Waals surface area contributed by atoms with E-state index >= 15 is 0 Å². The van der Waals surface area contributed by atoms with Crippen molar-refractivity contribution in [3.63, 3.8) is 0 Å². The van der Waals surface area contributed by atoms with Crippen LogP contribution in [0.1, 0.15) is 28.0 Å². The monoisotopic (exact) mass is 366 g/mol. The average molecular weight is 366 g/mol. The first-order valence-electron chi connectivity index (χ1n) is 8.23. The van der Waals surface area contributed by atoms with Crippen molar-refractivity contribution in [2.75, 3.05) is 7.11 Å². The zero-order chi connectivity index (χ0) is 19.1. The number of carbonyl (C=O) groups is 2. The number of esters is 1. The Morgan fingerprint density at radius 3 is 2.41 bits per heavy atom. The van der Waals surface area contributed by atoms with Gasteiger partial charge in [-0.2, -0.15) is 0 Å². The van der Waals surface area contributed by atoms with Crippen LogP contribution in [0.2, 0.25) is 0 Å². The van der Waals surface area contributed by atoms with Crippen LogP contribution >= 0.6 is 0 Å². The van der Waals surface area contributed by atoms with Crippen LogP contribution in [-0.4, -0.2) is 24.0 Å². The Balaban J connectivity index is 1.66. The fraction of sp³-hybridized carbons (Fsp3) is 0.150. The van der Waals surface area contributed by atoms with Crippen LogP contribution in [0, 0.1) is 0 Å². The maximum absolute atomic E-state index is 12.5. The second kappa shape index (κ2) is 8.66. The Labute approximate surface area is 155 Å². The quantitative estimate of drug-likeness (QED) is 0.647. The van der Waals surface area contributed by atoms with Crippen molar-refractivity contribution >= 4 is 11.9 Å². The van der Waals surface area contributed by atoms with Crippen LogP contribution in [0.3, 0.4) is 0 Å². The predicted molar refractivity (Wildman–Crippen MR) is 95.9 cm³/mol. The number of rotatable bonds is 7. The Bertz CT molecular complexity index is 893.